The fraction of sp³-hybridized carbons (Fsp3) is 0.350. The van der Waals surface area contributed by atoms with Gasteiger partial charge in [-0.25, -0.2) is 8.42 Å². The van der Waals surface area contributed by atoms with E-state index in [4.69, 9.17) is 4.74 Å². The van der Waals surface area contributed by atoms with Gasteiger partial charge in [0.1, 0.15) is 16.7 Å². The summed E-state index contributed by atoms with van der Waals surface area (Å²) in [6.07, 6.45) is -1.16. The highest BCUT2D eigenvalue weighted by Gasteiger charge is 2.23. The molecule has 0 fully saturated rings. The first kappa shape index (κ1) is 21.7. The molecular weight excluding hydrogens is 380 g/mol. The smallest absolute Gasteiger partial charge is 0.265 e. The number of sulfonamides is 1. The van der Waals surface area contributed by atoms with Crippen LogP contribution in [0.1, 0.15) is 26.3 Å². The summed E-state index contributed by atoms with van der Waals surface area (Å²) in [5.41, 5.74) is 1.79. The van der Waals surface area contributed by atoms with Gasteiger partial charge >= 0.3 is 0 Å². The summed E-state index contributed by atoms with van der Waals surface area (Å²) in [7, 11) is -3.89. The summed E-state index contributed by atoms with van der Waals surface area (Å²) in [6, 6.07) is 11.2. The summed E-state index contributed by atoms with van der Waals surface area (Å²) < 4.78 is 33.6. The zero-order chi connectivity index (χ0) is 20.9. The summed E-state index contributed by atoms with van der Waals surface area (Å²) in [5, 5.41) is 12.4. The number of benzene rings is 2. The normalized spacial score (nSPS) is 12.5. The van der Waals surface area contributed by atoms with E-state index in [1.165, 1.54) is 18.2 Å². The summed E-state index contributed by atoms with van der Waals surface area (Å²) >= 11 is 0. The van der Waals surface area contributed by atoms with E-state index in [9.17, 15) is 18.3 Å². The van der Waals surface area contributed by atoms with Crippen molar-refractivity contribution in [2.75, 3.05) is 16.6 Å². The van der Waals surface area contributed by atoms with Crippen LogP contribution in [-0.4, -0.2) is 32.1 Å². The molecule has 0 bridgehead atoms. The third kappa shape index (κ3) is 5.46. The summed E-state index contributed by atoms with van der Waals surface area (Å²) in [4.78, 5) is 12.0. The molecule has 3 N–H and O–H groups in total. The molecule has 8 heteroatoms. The number of ether oxygens (including phenoxy) is 1. The van der Waals surface area contributed by atoms with E-state index >= 15 is 0 Å². The third-order valence-corrected chi connectivity index (χ3v) is 5.43. The fourth-order valence-electron chi connectivity index (χ4n) is 2.43. The number of carbonyl (C=O) groups excluding carboxylic acids is 1. The Bertz CT molecular complexity index is 924. The second-order valence-corrected chi connectivity index (χ2v) is 8.39. The first-order chi connectivity index (χ1) is 13.1. The molecule has 0 unspecified atom stereocenters. The van der Waals surface area contributed by atoms with E-state index in [1.807, 2.05) is 6.92 Å². The maximum Gasteiger partial charge on any atom is 0.265 e. The fourth-order valence-corrected chi connectivity index (χ4v) is 3.61. The Hall–Kier alpha value is -2.58. The third-order valence-electron chi connectivity index (χ3n) is 4.00. The van der Waals surface area contributed by atoms with Crippen LogP contribution in [0.25, 0.3) is 0 Å². The van der Waals surface area contributed by atoms with Crippen LogP contribution in [0, 0.1) is 12.8 Å². The number of aliphatic hydroxyl groups is 1. The molecule has 28 heavy (non-hydrogen) atoms. The van der Waals surface area contributed by atoms with Gasteiger partial charge < -0.3 is 15.2 Å². The van der Waals surface area contributed by atoms with Gasteiger partial charge in [0.2, 0.25) is 0 Å². The number of rotatable bonds is 8. The Morgan fingerprint density at radius 2 is 1.71 bits per heavy atom. The van der Waals surface area contributed by atoms with Gasteiger partial charge in [-0.2, -0.15) is 0 Å². The largest absolute Gasteiger partial charge is 0.492 e. The van der Waals surface area contributed by atoms with Gasteiger partial charge in [0.15, 0.2) is 0 Å². The van der Waals surface area contributed by atoms with Gasteiger partial charge in [-0.3, -0.25) is 9.52 Å². The van der Waals surface area contributed by atoms with Crippen LogP contribution < -0.4 is 14.8 Å². The topological polar surface area (TPSA) is 105 Å². The van der Waals surface area contributed by atoms with Gasteiger partial charge in [0.05, 0.1) is 6.61 Å². The van der Waals surface area contributed by atoms with Crippen LogP contribution in [0.4, 0.5) is 11.4 Å². The maximum absolute atomic E-state index is 12.8. The van der Waals surface area contributed by atoms with Gasteiger partial charge in [-0.05, 0) is 44.0 Å². The number of nitrogens with one attached hydrogen (secondary N) is 2. The molecule has 0 saturated heterocycles. The van der Waals surface area contributed by atoms with Crippen LogP contribution in [0.3, 0.4) is 0 Å². The van der Waals surface area contributed by atoms with Crippen molar-refractivity contribution in [3.63, 3.8) is 0 Å². The molecule has 152 valence electrons. The molecule has 7 nitrogen and oxygen atoms in total. The number of hydrogen-bond acceptors (Lipinski definition) is 5. The van der Waals surface area contributed by atoms with Gasteiger partial charge in [-0.15, -0.1) is 0 Å². The molecule has 0 aliphatic heterocycles. The number of carbonyl (C=O) groups is 1. The monoisotopic (exact) mass is 406 g/mol. The minimum Gasteiger partial charge on any atom is -0.492 e. The summed E-state index contributed by atoms with van der Waals surface area (Å²) in [5.74, 6) is -0.700. The molecule has 0 aliphatic rings. The molecule has 0 radical (unpaired) electrons. The lowest BCUT2D eigenvalue weighted by molar-refractivity contribution is -0.125. The van der Waals surface area contributed by atoms with E-state index in [2.05, 4.69) is 10.0 Å². The first-order valence-corrected chi connectivity index (χ1v) is 10.5. The van der Waals surface area contributed by atoms with Crippen molar-refractivity contribution < 1.29 is 23.1 Å². The van der Waals surface area contributed by atoms with E-state index in [-0.39, 0.29) is 23.2 Å². The Balaban J connectivity index is 2.30. The zero-order valence-electron chi connectivity index (χ0n) is 16.4. The Labute approximate surface area is 165 Å². The average Bonchev–Trinajstić information content (AvgIpc) is 2.63. The van der Waals surface area contributed by atoms with Gasteiger partial charge in [0.25, 0.3) is 15.9 Å². The molecule has 0 heterocycles. The van der Waals surface area contributed by atoms with Crippen LogP contribution in [0.15, 0.2) is 47.4 Å². The molecule has 0 spiro atoms. The maximum atomic E-state index is 12.8. The minimum atomic E-state index is -3.89. The average molecular weight is 407 g/mol. The van der Waals surface area contributed by atoms with Gasteiger partial charge in [0, 0.05) is 17.4 Å². The van der Waals surface area contributed by atoms with Crippen LogP contribution in [0.5, 0.6) is 5.75 Å². The second kappa shape index (κ2) is 9.07. The van der Waals surface area contributed by atoms with Crippen molar-refractivity contribution in [1.29, 1.82) is 0 Å². The second-order valence-electron chi connectivity index (χ2n) is 6.74. The molecule has 0 aromatic heterocycles. The SMILES string of the molecule is CCOc1cc(NC(=O)[C@@H](O)C(C)C)ccc1S(=O)(=O)Nc1ccc(C)cc1. The van der Waals surface area contributed by atoms with Crippen LogP contribution in [0.2, 0.25) is 0 Å². The van der Waals surface area contributed by atoms with Crippen molar-refractivity contribution in [2.45, 2.75) is 38.7 Å². The molecule has 2 rings (SSSR count). The predicted molar refractivity (Wildman–Crippen MR) is 109 cm³/mol. The molecule has 1 amide bonds. The molecule has 1 atom stereocenters. The number of aliphatic hydroxyl groups excluding tert-OH is 1. The van der Waals surface area contributed by atoms with Gasteiger partial charge in [-0.1, -0.05) is 31.5 Å². The Morgan fingerprint density at radius 1 is 1.11 bits per heavy atom. The quantitative estimate of drug-likeness (QED) is 0.625. The van der Waals surface area contributed by atoms with Crippen molar-refractivity contribution in [3.05, 3.63) is 48.0 Å². The van der Waals surface area contributed by atoms with E-state index in [0.717, 1.165) is 5.56 Å². The highest BCUT2D eigenvalue weighted by Crippen LogP contribution is 2.29. The van der Waals surface area contributed by atoms with E-state index in [0.29, 0.717) is 11.4 Å². The van der Waals surface area contributed by atoms with E-state index < -0.39 is 22.0 Å². The molecule has 0 aliphatic carbocycles. The highest BCUT2D eigenvalue weighted by molar-refractivity contribution is 7.92. The molecular formula is C20H26N2O5S. The van der Waals surface area contributed by atoms with Crippen LogP contribution >= 0.6 is 0 Å². The highest BCUT2D eigenvalue weighted by atomic mass is 32.2. The summed E-state index contributed by atoms with van der Waals surface area (Å²) in [6.45, 7) is 7.34. The lowest BCUT2D eigenvalue weighted by Gasteiger charge is -2.17. The standard InChI is InChI=1S/C20H26N2O5S/c1-5-27-17-12-16(21-20(24)19(23)13(2)3)10-11-18(17)28(25,26)22-15-8-6-14(4)7-9-15/h6-13,19,22-23H,5H2,1-4H3,(H,21,24)/t19-/m0/s1. The molecule has 2 aromatic rings. The lowest BCUT2D eigenvalue weighted by Crippen LogP contribution is -2.31. The van der Waals surface area contributed by atoms with Crippen LogP contribution in [-0.2, 0) is 14.8 Å². The Morgan fingerprint density at radius 3 is 2.29 bits per heavy atom. The van der Waals surface area contributed by atoms with Crippen molar-refractivity contribution in [3.8, 4) is 5.75 Å². The van der Waals surface area contributed by atoms with Crippen molar-refractivity contribution in [1.82, 2.24) is 0 Å². The molecule has 0 saturated carbocycles. The minimum absolute atomic E-state index is 0.0441. The first-order valence-electron chi connectivity index (χ1n) is 8.99. The number of hydrogen-bond donors (Lipinski definition) is 3. The van der Waals surface area contributed by atoms with Crippen molar-refractivity contribution >= 4 is 27.3 Å². The number of anilines is 2. The zero-order valence-corrected chi connectivity index (χ0v) is 17.2. The Kier molecular flexibility index (Phi) is 7.04. The molecule has 2 aromatic carbocycles. The van der Waals surface area contributed by atoms with Crippen molar-refractivity contribution in [2.24, 2.45) is 5.92 Å². The number of amides is 1. The predicted octanol–water partition coefficient (Wildman–Crippen LogP) is 3.15. The number of aryl methyl sites for hydroxylation is 1. The van der Waals surface area contributed by atoms with E-state index in [1.54, 1.807) is 45.0 Å². The lowest BCUT2D eigenvalue weighted by atomic mass is 10.1.